The zero-order valence-electron chi connectivity index (χ0n) is 14.7. The molecule has 3 rings (SSSR count). The molecule has 2 heterocycles. The van der Waals surface area contributed by atoms with Crippen LogP contribution in [-0.4, -0.2) is 52.4 Å². The first-order valence-electron chi connectivity index (χ1n) is 8.59. The summed E-state index contributed by atoms with van der Waals surface area (Å²) in [5.74, 6) is 0.229. The number of nitrogens with zero attached hydrogens (tertiary/aromatic N) is 3. The number of fused-ring (bicyclic) bond motifs is 1. The molecular formula is C19H25N3O2. The number of amides is 2. The van der Waals surface area contributed by atoms with Crippen molar-refractivity contribution < 1.29 is 9.59 Å². The third kappa shape index (κ3) is 3.16. The lowest BCUT2D eigenvalue weighted by molar-refractivity contribution is -0.137. The molecule has 1 aliphatic heterocycles. The Bertz CT molecular complexity index is 755. The van der Waals surface area contributed by atoms with Crippen LogP contribution < -0.4 is 0 Å². The molecule has 2 amide bonds. The maximum atomic E-state index is 12.7. The molecule has 5 nitrogen and oxygen atoms in total. The zero-order valence-corrected chi connectivity index (χ0v) is 14.7. The fraction of sp³-hybridized carbons (Fsp3) is 0.474. The molecule has 1 aromatic heterocycles. The standard InChI is InChI=1S/C19H25N3O2/c1-14(2)22-13-16(17-6-4-5-7-18(17)22)12-19(24)21-10-8-20(9-11-21)15(3)23/h4-7,13-14H,8-12H2,1-3H3. The minimum absolute atomic E-state index is 0.0853. The van der Waals surface area contributed by atoms with Crippen LogP contribution in [0.5, 0.6) is 0 Å². The SMILES string of the molecule is CC(=O)N1CCN(C(=O)Cc2cn(C(C)C)c3ccccc23)CC1. The minimum Gasteiger partial charge on any atom is -0.345 e. The molecule has 1 aliphatic rings. The second-order valence-electron chi connectivity index (χ2n) is 6.74. The molecule has 0 radical (unpaired) electrons. The van der Waals surface area contributed by atoms with Crippen LogP contribution in [0, 0.1) is 0 Å². The number of carbonyl (C=O) groups is 2. The van der Waals surface area contributed by atoms with Crippen molar-refractivity contribution in [3.8, 4) is 0 Å². The van der Waals surface area contributed by atoms with Gasteiger partial charge in [-0.05, 0) is 25.5 Å². The number of carbonyl (C=O) groups excluding carboxylic acids is 2. The lowest BCUT2D eigenvalue weighted by Crippen LogP contribution is -2.50. The van der Waals surface area contributed by atoms with Gasteiger partial charge in [-0.25, -0.2) is 0 Å². The molecule has 0 N–H and O–H groups in total. The van der Waals surface area contributed by atoms with Gasteiger partial charge in [0.15, 0.2) is 0 Å². The summed E-state index contributed by atoms with van der Waals surface area (Å²) in [5.41, 5.74) is 2.26. The number of para-hydroxylation sites is 1. The van der Waals surface area contributed by atoms with Crippen molar-refractivity contribution >= 4 is 22.7 Å². The van der Waals surface area contributed by atoms with E-state index in [1.54, 1.807) is 11.8 Å². The van der Waals surface area contributed by atoms with Crippen molar-refractivity contribution in [3.05, 3.63) is 36.0 Å². The van der Waals surface area contributed by atoms with Gasteiger partial charge in [-0.3, -0.25) is 9.59 Å². The van der Waals surface area contributed by atoms with E-state index in [-0.39, 0.29) is 11.8 Å². The zero-order chi connectivity index (χ0) is 17.3. The van der Waals surface area contributed by atoms with Gasteiger partial charge in [-0.2, -0.15) is 0 Å². The highest BCUT2D eigenvalue weighted by Gasteiger charge is 2.23. The lowest BCUT2D eigenvalue weighted by atomic mass is 10.1. The van der Waals surface area contributed by atoms with E-state index >= 15 is 0 Å². The summed E-state index contributed by atoms with van der Waals surface area (Å²) in [7, 11) is 0. The first-order chi connectivity index (χ1) is 11.5. The number of hydrogen-bond donors (Lipinski definition) is 0. The summed E-state index contributed by atoms with van der Waals surface area (Å²) in [5, 5.41) is 1.15. The average molecular weight is 327 g/mol. The van der Waals surface area contributed by atoms with Gasteiger partial charge in [0, 0.05) is 56.2 Å². The molecule has 0 unspecified atom stereocenters. The highest BCUT2D eigenvalue weighted by Crippen LogP contribution is 2.25. The number of hydrogen-bond acceptors (Lipinski definition) is 2. The Morgan fingerprint density at radius 3 is 2.29 bits per heavy atom. The van der Waals surface area contributed by atoms with Crippen LogP contribution >= 0.6 is 0 Å². The summed E-state index contributed by atoms with van der Waals surface area (Å²) in [4.78, 5) is 27.8. The Balaban J connectivity index is 1.76. The van der Waals surface area contributed by atoms with Crippen LogP contribution in [0.25, 0.3) is 10.9 Å². The van der Waals surface area contributed by atoms with E-state index in [4.69, 9.17) is 0 Å². The third-order valence-corrected chi connectivity index (χ3v) is 4.80. The summed E-state index contributed by atoms with van der Waals surface area (Å²) in [6.07, 6.45) is 2.53. The summed E-state index contributed by atoms with van der Waals surface area (Å²) in [6.45, 7) is 8.41. The normalized spacial score (nSPS) is 15.3. The molecule has 1 fully saturated rings. The fourth-order valence-corrected chi connectivity index (χ4v) is 3.39. The van der Waals surface area contributed by atoms with Gasteiger partial charge < -0.3 is 14.4 Å². The Hall–Kier alpha value is -2.30. The number of benzene rings is 1. The van der Waals surface area contributed by atoms with Gasteiger partial charge in [0.25, 0.3) is 0 Å². The molecule has 0 bridgehead atoms. The van der Waals surface area contributed by atoms with Gasteiger partial charge in [-0.15, -0.1) is 0 Å². The van der Waals surface area contributed by atoms with Crippen molar-refractivity contribution in [1.29, 1.82) is 0 Å². The highest BCUT2D eigenvalue weighted by molar-refractivity contribution is 5.89. The van der Waals surface area contributed by atoms with Gasteiger partial charge in [0.2, 0.25) is 11.8 Å². The van der Waals surface area contributed by atoms with E-state index in [9.17, 15) is 9.59 Å². The third-order valence-electron chi connectivity index (χ3n) is 4.80. The van der Waals surface area contributed by atoms with Crippen LogP contribution in [0.15, 0.2) is 30.5 Å². The predicted molar refractivity (Wildman–Crippen MR) is 94.9 cm³/mol. The molecule has 5 heteroatoms. The largest absolute Gasteiger partial charge is 0.345 e. The van der Waals surface area contributed by atoms with Crippen molar-refractivity contribution in [1.82, 2.24) is 14.4 Å². The predicted octanol–water partition coefficient (Wildman–Crippen LogP) is 2.46. The van der Waals surface area contributed by atoms with Crippen molar-refractivity contribution in [2.45, 2.75) is 33.2 Å². The topological polar surface area (TPSA) is 45.6 Å². The van der Waals surface area contributed by atoms with Crippen molar-refractivity contribution in [2.75, 3.05) is 26.2 Å². The minimum atomic E-state index is 0.0853. The van der Waals surface area contributed by atoms with Gasteiger partial charge >= 0.3 is 0 Å². The molecule has 0 aliphatic carbocycles. The maximum Gasteiger partial charge on any atom is 0.227 e. The fourth-order valence-electron chi connectivity index (χ4n) is 3.39. The lowest BCUT2D eigenvalue weighted by Gasteiger charge is -2.34. The molecule has 1 aromatic carbocycles. The van der Waals surface area contributed by atoms with Gasteiger partial charge in [-0.1, -0.05) is 18.2 Å². The molecule has 0 atom stereocenters. The molecule has 0 spiro atoms. The van der Waals surface area contributed by atoms with Crippen LogP contribution in [0.4, 0.5) is 0 Å². The van der Waals surface area contributed by atoms with Crippen LogP contribution in [-0.2, 0) is 16.0 Å². The van der Waals surface area contributed by atoms with E-state index in [0.29, 0.717) is 38.6 Å². The van der Waals surface area contributed by atoms with Gasteiger partial charge in [0.1, 0.15) is 0 Å². The van der Waals surface area contributed by atoms with Crippen molar-refractivity contribution in [3.63, 3.8) is 0 Å². The summed E-state index contributed by atoms with van der Waals surface area (Å²) < 4.78 is 2.23. The van der Waals surface area contributed by atoms with Crippen LogP contribution in [0.2, 0.25) is 0 Å². The summed E-state index contributed by atoms with van der Waals surface area (Å²) >= 11 is 0. The first-order valence-corrected chi connectivity index (χ1v) is 8.59. The van der Waals surface area contributed by atoms with Crippen molar-refractivity contribution in [2.24, 2.45) is 0 Å². The van der Waals surface area contributed by atoms with E-state index in [1.807, 2.05) is 17.0 Å². The Labute approximate surface area is 142 Å². The Morgan fingerprint density at radius 2 is 1.67 bits per heavy atom. The van der Waals surface area contributed by atoms with E-state index < -0.39 is 0 Å². The number of aromatic nitrogens is 1. The molecule has 2 aromatic rings. The molecule has 128 valence electrons. The maximum absolute atomic E-state index is 12.7. The number of piperazine rings is 1. The Kier molecular flexibility index (Phi) is 4.60. The van der Waals surface area contributed by atoms with Gasteiger partial charge in [0.05, 0.1) is 6.42 Å². The van der Waals surface area contributed by atoms with E-state index in [0.717, 1.165) is 10.9 Å². The highest BCUT2D eigenvalue weighted by atomic mass is 16.2. The Morgan fingerprint density at radius 1 is 1.04 bits per heavy atom. The molecular weight excluding hydrogens is 302 g/mol. The molecule has 1 saturated heterocycles. The average Bonchev–Trinajstić information content (AvgIpc) is 2.94. The van der Waals surface area contributed by atoms with E-state index in [1.165, 1.54) is 5.52 Å². The molecule has 24 heavy (non-hydrogen) atoms. The monoisotopic (exact) mass is 327 g/mol. The summed E-state index contributed by atoms with van der Waals surface area (Å²) in [6, 6.07) is 8.61. The molecule has 0 saturated carbocycles. The van der Waals surface area contributed by atoms with Crippen LogP contribution in [0.1, 0.15) is 32.4 Å². The smallest absolute Gasteiger partial charge is 0.227 e. The number of rotatable bonds is 3. The quantitative estimate of drug-likeness (QED) is 0.869. The van der Waals surface area contributed by atoms with Crippen LogP contribution in [0.3, 0.4) is 0 Å². The second-order valence-corrected chi connectivity index (χ2v) is 6.74. The first kappa shape index (κ1) is 16.6. The second kappa shape index (κ2) is 6.67. The van der Waals surface area contributed by atoms with E-state index in [2.05, 4.69) is 36.7 Å².